The van der Waals surface area contributed by atoms with E-state index in [2.05, 4.69) is 20.6 Å². The molecular formula is C17H11Cl2N5O4. The average Bonchev–Trinajstić information content (AvgIpc) is 3.12. The highest BCUT2D eigenvalue weighted by molar-refractivity contribution is 6.42. The molecule has 2 aromatic carbocycles. The number of halogens is 2. The Bertz CT molecular complexity index is 1080. The third-order valence-corrected chi connectivity index (χ3v) is 4.56. The molecule has 0 aliphatic carbocycles. The normalized spacial score (nSPS) is 11.9. The maximum absolute atomic E-state index is 11.7. The minimum absolute atomic E-state index is 0.00151. The van der Waals surface area contributed by atoms with Crippen molar-refractivity contribution in [3.05, 3.63) is 62.9 Å². The molecule has 9 nitrogen and oxygen atoms in total. The van der Waals surface area contributed by atoms with Crippen LogP contribution < -0.4 is 20.1 Å². The van der Waals surface area contributed by atoms with E-state index in [0.29, 0.717) is 32.9 Å². The molecule has 0 atom stereocenters. The summed E-state index contributed by atoms with van der Waals surface area (Å²) in [6.45, 7) is 0.129. The number of hydrogen-bond donors (Lipinski definition) is 2. The van der Waals surface area contributed by atoms with E-state index in [-0.39, 0.29) is 24.1 Å². The third kappa shape index (κ3) is 3.57. The Morgan fingerprint density at radius 2 is 1.57 bits per heavy atom. The zero-order valence-electron chi connectivity index (χ0n) is 14.0. The number of fused-ring (bicyclic) bond motifs is 1. The highest BCUT2D eigenvalue weighted by Gasteiger charge is 2.24. The number of ether oxygens (including phenoxy) is 2. The van der Waals surface area contributed by atoms with Gasteiger partial charge >= 0.3 is 5.69 Å². The summed E-state index contributed by atoms with van der Waals surface area (Å²) in [4.78, 5) is 19.1. The summed E-state index contributed by atoms with van der Waals surface area (Å²) >= 11 is 11.9. The number of benzene rings is 2. The first-order valence-electron chi connectivity index (χ1n) is 7.89. The number of aromatic nitrogens is 2. The molecule has 1 aliphatic heterocycles. The van der Waals surface area contributed by atoms with Crippen LogP contribution in [0.1, 0.15) is 0 Å². The summed E-state index contributed by atoms with van der Waals surface area (Å²) in [6, 6.07) is 9.81. The van der Waals surface area contributed by atoms with E-state index >= 15 is 0 Å². The highest BCUT2D eigenvalue weighted by Crippen LogP contribution is 2.38. The van der Waals surface area contributed by atoms with Crippen LogP contribution in [0.4, 0.5) is 28.7 Å². The van der Waals surface area contributed by atoms with Crippen molar-refractivity contribution in [2.24, 2.45) is 0 Å². The van der Waals surface area contributed by atoms with E-state index < -0.39 is 4.92 Å². The average molecular weight is 420 g/mol. The van der Waals surface area contributed by atoms with Crippen LogP contribution in [0.25, 0.3) is 0 Å². The monoisotopic (exact) mass is 419 g/mol. The van der Waals surface area contributed by atoms with E-state index in [0.717, 1.165) is 0 Å². The van der Waals surface area contributed by atoms with Crippen LogP contribution in [0, 0.1) is 10.1 Å². The number of nitrogens with one attached hydrogen (secondary N) is 2. The molecule has 0 bridgehead atoms. The molecule has 11 heteroatoms. The minimum atomic E-state index is -0.574. The van der Waals surface area contributed by atoms with Gasteiger partial charge in [0.2, 0.25) is 18.4 Å². The Labute approximate surface area is 168 Å². The fourth-order valence-electron chi connectivity index (χ4n) is 2.56. The van der Waals surface area contributed by atoms with Gasteiger partial charge in [0.05, 0.1) is 15.0 Å². The fourth-order valence-corrected chi connectivity index (χ4v) is 2.85. The molecule has 142 valence electrons. The summed E-state index contributed by atoms with van der Waals surface area (Å²) in [5.74, 6) is 1.16. The maximum Gasteiger partial charge on any atom is 0.353 e. The third-order valence-electron chi connectivity index (χ3n) is 3.82. The first kappa shape index (κ1) is 18.1. The van der Waals surface area contributed by atoms with Crippen molar-refractivity contribution in [3.8, 4) is 11.5 Å². The van der Waals surface area contributed by atoms with Crippen LogP contribution in [0.3, 0.4) is 0 Å². The summed E-state index contributed by atoms with van der Waals surface area (Å²) in [7, 11) is 0. The van der Waals surface area contributed by atoms with E-state index in [1.807, 2.05) is 0 Å². The first-order valence-corrected chi connectivity index (χ1v) is 8.65. The van der Waals surface area contributed by atoms with Gasteiger partial charge in [-0.3, -0.25) is 10.1 Å². The Kier molecular flexibility index (Phi) is 4.76. The molecule has 0 amide bonds. The molecule has 28 heavy (non-hydrogen) atoms. The van der Waals surface area contributed by atoms with Crippen molar-refractivity contribution in [1.29, 1.82) is 0 Å². The van der Waals surface area contributed by atoms with Gasteiger partial charge in [-0.25, -0.2) is 9.97 Å². The SMILES string of the molecule is O=[N+]([O-])c1c(Nc2ccc(Cl)c(Cl)c2)ncnc1Nc1ccc2c(c1)OCO2. The molecule has 0 radical (unpaired) electrons. The van der Waals surface area contributed by atoms with Crippen molar-refractivity contribution < 1.29 is 14.4 Å². The molecule has 0 fully saturated rings. The number of rotatable bonds is 5. The smallest absolute Gasteiger partial charge is 0.353 e. The number of nitro groups is 1. The lowest BCUT2D eigenvalue weighted by Crippen LogP contribution is -2.05. The topological polar surface area (TPSA) is 111 Å². The van der Waals surface area contributed by atoms with Crippen LogP contribution in [0.15, 0.2) is 42.7 Å². The highest BCUT2D eigenvalue weighted by atomic mass is 35.5. The lowest BCUT2D eigenvalue weighted by molar-refractivity contribution is -0.383. The standard InChI is InChI=1S/C17H11Cl2N5O4/c18-11-3-1-9(5-12(11)19)22-16-15(24(25)26)17(21-7-20-16)23-10-2-4-13-14(6-10)28-8-27-13/h1-7H,8H2,(H2,20,21,22,23). The molecule has 0 spiro atoms. The number of hydrogen-bond acceptors (Lipinski definition) is 8. The van der Waals surface area contributed by atoms with Crippen molar-refractivity contribution in [3.63, 3.8) is 0 Å². The van der Waals surface area contributed by atoms with E-state index in [1.54, 1.807) is 36.4 Å². The molecule has 2 heterocycles. The van der Waals surface area contributed by atoms with Crippen LogP contribution in [-0.4, -0.2) is 21.7 Å². The maximum atomic E-state index is 11.7. The molecule has 4 rings (SSSR count). The Morgan fingerprint density at radius 3 is 2.25 bits per heavy atom. The molecule has 0 saturated heterocycles. The van der Waals surface area contributed by atoms with Gasteiger partial charge in [-0.1, -0.05) is 23.2 Å². The second-order valence-electron chi connectivity index (χ2n) is 5.62. The lowest BCUT2D eigenvalue weighted by Gasteiger charge is -2.11. The van der Waals surface area contributed by atoms with Crippen molar-refractivity contribution >= 4 is 51.9 Å². The second kappa shape index (κ2) is 7.37. The summed E-state index contributed by atoms with van der Waals surface area (Å²) in [6.07, 6.45) is 1.21. The number of nitrogens with zero attached hydrogens (tertiary/aromatic N) is 3. The van der Waals surface area contributed by atoms with Crippen LogP contribution >= 0.6 is 23.2 Å². The van der Waals surface area contributed by atoms with Gasteiger partial charge in [-0.2, -0.15) is 0 Å². The molecule has 0 saturated carbocycles. The van der Waals surface area contributed by atoms with Crippen LogP contribution in [-0.2, 0) is 0 Å². The Balaban J connectivity index is 1.67. The summed E-state index contributed by atoms with van der Waals surface area (Å²) in [5.41, 5.74) is 0.711. The number of anilines is 4. The van der Waals surface area contributed by atoms with Gasteiger partial charge in [0.25, 0.3) is 0 Å². The zero-order valence-corrected chi connectivity index (χ0v) is 15.5. The minimum Gasteiger partial charge on any atom is -0.454 e. The van der Waals surface area contributed by atoms with Gasteiger partial charge in [0, 0.05) is 17.4 Å². The first-order chi connectivity index (χ1) is 13.5. The van der Waals surface area contributed by atoms with Crippen LogP contribution in [0.5, 0.6) is 11.5 Å². The van der Waals surface area contributed by atoms with Gasteiger partial charge in [0.1, 0.15) is 6.33 Å². The van der Waals surface area contributed by atoms with Crippen molar-refractivity contribution in [1.82, 2.24) is 9.97 Å². The van der Waals surface area contributed by atoms with Gasteiger partial charge in [-0.15, -0.1) is 0 Å². The Hall–Kier alpha value is -3.30. The molecule has 1 aliphatic rings. The molecule has 3 aromatic rings. The van der Waals surface area contributed by atoms with E-state index in [1.165, 1.54) is 6.33 Å². The largest absolute Gasteiger partial charge is 0.454 e. The summed E-state index contributed by atoms with van der Waals surface area (Å²) in [5, 5.41) is 18.1. The molecular weight excluding hydrogens is 409 g/mol. The fraction of sp³-hybridized carbons (Fsp3) is 0.0588. The molecule has 0 unspecified atom stereocenters. The lowest BCUT2D eigenvalue weighted by atomic mass is 10.2. The predicted molar refractivity (Wildman–Crippen MR) is 104 cm³/mol. The molecule has 2 N–H and O–H groups in total. The summed E-state index contributed by atoms with van der Waals surface area (Å²) < 4.78 is 10.6. The van der Waals surface area contributed by atoms with Crippen LogP contribution in [0.2, 0.25) is 10.0 Å². The quantitative estimate of drug-likeness (QED) is 0.443. The second-order valence-corrected chi connectivity index (χ2v) is 6.44. The van der Waals surface area contributed by atoms with Gasteiger partial charge < -0.3 is 20.1 Å². The zero-order chi connectivity index (χ0) is 19.7. The van der Waals surface area contributed by atoms with E-state index in [4.69, 9.17) is 32.7 Å². The van der Waals surface area contributed by atoms with Gasteiger partial charge in [0.15, 0.2) is 11.5 Å². The predicted octanol–water partition coefficient (Wildman–Crippen LogP) is 4.91. The Morgan fingerprint density at radius 1 is 0.929 bits per heavy atom. The molecule has 1 aromatic heterocycles. The van der Waals surface area contributed by atoms with Gasteiger partial charge in [-0.05, 0) is 30.3 Å². The van der Waals surface area contributed by atoms with Crippen molar-refractivity contribution in [2.45, 2.75) is 0 Å². The van der Waals surface area contributed by atoms with Crippen molar-refractivity contribution in [2.75, 3.05) is 17.4 Å². The van der Waals surface area contributed by atoms with E-state index in [9.17, 15) is 10.1 Å².